The number of hydrogen-bond donors (Lipinski definition) is 1. The highest BCUT2D eigenvalue weighted by molar-refractivity contribution is 9.10. The van der Waals surface area contributed by atoms with Crippen LogP contribution in [0, 0.1) is 11.8 Å². The van der Waals surface area contributed by atoms with Crippen molar-refractivity contribution in [1.29, 1.82) is 0 Å². The second-order valence-electron chi connectivity index (χ2n) is 5.42. The van der Waals surface area contributed by atoms with Crippen LogP contribution in [-0.2, 0) is 0 Å². The maximum Gasteiger partial charge on any atom is 0.162 e. The van der Waals surface area contributed by atoms with E-state index in [1.54, 1.807) is 0 Å². The number of fused-ring (bicyclic) bond motifs is 1. The normalized spacial score (nSPS) is 18.0. The van der Waals surface area contributed by atoms with Crippen molar-refractivity contribution in [1.82, 2.24) is 0 Å². The number of benzene rings is 1. The smallest absolute Gasteiger partial charge is 0.162 e. The minimum Gasteiger partial charge on any atom is -0.490 e. The number of aliphatic hydroxyl groups is 1. The zero-order valence-electron chi connectivity index (χ0n) is 11.6. The maximum atomic E-state index is 10.5. The van der Waals surface area contributed by atoms with Crippen LogP contribution >= 0.6 is 15.9 Å². The van der Waals surface area contributed by atoms with Gasteiger partial charge in [0.1, 0.15) is 0 Å². The summed E-state index contributed by atoms with van der Waals surface area (Å²) in [6.45, 7) is 7.62. The molecule has 2 rings (SSSR count). The molecular weight excluding hydrogens is 308 g/mol. The van der Waals surface area contributed by atoms with E-state index in [0.29, 0.717) is 19.1 Å². The molecule has 0 bridgehead atoms. The lowest BCUT2D eigenvalue weighted by molar-refractivity contribution is 0.0911. The largest absolute Gasteiger partial charge is 0.490 e. The summed E-state index contributed by atoms with van der Waals surface area (Å²) in [6, 6.07) is 3.79. The first-order chi connectivity index (χ1) is 9.00. The first-order valence-corrected chi connectivity index (χ1v) is 7.57. The lowest BCUT2D eigenvalue weighted by Crippen LogP contribution is -2.15. The molecule has 0 saturated heterocycles. The molecule has 4 heteroatoms. The van der Waals surface area contributed by atoms with Crippen molar-refractivity contribution in [3.8, 4) is 11.5 Å². The van der Waals surface area contributed by atoms with Gasteiger partial charge >= 0.3 is 0 Å². The highest BCUT2D eigenvalue weighted by atomic mass is 79.9. The molecule has 2 unspecified atom stereocenters. The predicted molar refractivity (Wildman–Crippen MR) is 78.7 cm³/mol. The van der Waals surface area contributed by atoms with Crippen LogP contribution in [0.4, 0.5) is 0 Å². The molecule has 19 heavy (non-hydrogen) atoms. The Morgan fingerprint density at radius 1 is 1.11 bits per heavy atom. The Morgan fingerprint density at radius 3 is 2.26 bits per heavy atom. The average molecular weight is 329 g/mol. The molecule has 106 valence electrons. The van der Waals surface area contributed by atoms with E-state index in [9.17, 15) is 5.11 Å². The molecule has 1 aromatic carbocycles. The van der Waals surface area contributed by atoms with Gasteiger partial charge in [-0.25, -0.2) is 0 Å². The molecule has 2 atom stereocenters. The van der Waals surface area contributed by atoms with Gasteiger partial charge in [-0.15, -0.1) is 0 Å². The van der Waals surface area contributed by atoms with Crippen molar-refractivity contribution in [3.63, 3.8) is 0 Å². The fourth-order valence-corrected chi connectivity index (χ4v) is 2.63. The quantitative estimate of drug-likeness (QED) is 0.913. The van der Waals surface area contributed by atoms with Crippen molar-refractivity contribution in [2.45, 2.75) is 33.3 Å². The van der Waals surface area contributed by atoms with Gasteiger partial charge in [-0.05, 0) is 29.5 Å². The van der Waals surface area contributed by atoms with Crippen molar-refractivity contribution in [3.05, 3.63) is 22.2 Å². The van der Waals surface area contributed by atoms with E-state index in [1.807, 2.05) is 12.1 Å². The third-order valence-electron chi connectivity index (χ3n) is 3.74. The standard InChI is InChI=1S/C15H21BrO3/c1-9(2)10(3)15(17)11-7-13-14(8-12(11)16)19-6-4-5-18-13/h7-10,15,17H,4-6H2,1-3H3. The van der Waals surface area contributed by atoms with E-state index in [2.05, 4.69) is 36.7 Å². The minimum atomic E-state index is -0.508. The van der Waals surface area contributed by atoms with Crippen molar-refractivity contribution < 1.29 is 14.6 Å². The molecule has 1 aromatic rings. The summed E-state index contributed by atoms with van der Waals surface area (Å²) in [5.74, 6) is 2.07. The Kier molecular flexibility index (Phi) is 4.74. The van der Waals surface area contributed by atoms with Gasteiger partial charge < -0.3 is 14.6 Å². The lowest BCUT2D eigenvalue weighted by atomic mass is 9.88. The first-order valence-electron chi connectivity index (χ1n) is 6.77. The molecule has 0 spiro atoms. The van der Waals surface area contributed by atoms with Crippen LogP contribution in [0.15, 0.2) is 16.6 Å². The van der Waals surface area contributed by atoms with Crippen molar-refractivity contribution >= 4 is 15.9 Å². The third kappa shape index (κ3) is 3.23. The Bertz CT molecular complexity index is 445. The van der Waals surface area contributed by atoms with E-state index in [-0.39, 0.29) is 5.92 Å². The molecule has 0 aromatic heterocycles. The molecule has 1 aliphatic rings. The molecule has 0 radical (unpaired) electrons. The van der Waals surface area contributed by atoms with Crippen LogP contribution in [0.25, 0.3) is 0 Å². The third-order valence-corrected chi connectivity index (χ3v) is 4.42. The van der Waals surface area contributed by atoms with Crippen molar-refractivity contribution in [2.75, 3.05) is 13.2 Å². The maximum absolute atomic E-state index is 10.5. The van der Waals surface area contributed by atoms with E-state index < -0.39 is 6.10 Å². The number of ether oxygens (including phenoxy) is 2. The van der Waals surface area contributed by atoms with E-state index in [1.165, 1.54) is 0 Å². The van der Waals surface area contributed by atoms with Gasteiger partial charge in [0.15, 0.2) is 11.5 Å². The topological polar surface area (TPSA) is 38.7 Å². The number of aliphatic hydroxyl groups excluding tert-OH is 1. The molecule has 1 N–H and O–H groups in total. The van der Waals surface area contributed by atoms with Crippen LogP contribution in [0.5, 0.6) is 11.5 Å². The van der Waals surface area contributed by atoms with Gasteiger partial charge in [-0.1, -0.05) is 36.7 Å². The predicted octanol–water partition coefficient (Wildman–Crippen LogP) is 3.94. The lowest BCUT2D eigenvalue weighted by Gasteiger charge is -2.24. The minimum absolute atomic E-state index is 0.182. The average Bonchev–Trinajstić information content (AvgIpc) is 2.60. The van der Waals surface area contributed by atoms with E-state index >= 15 is 0 Å². The summed E-state index contributed by atoms with van der Waals surface area (Å²) in [6.07, 6.45) is 0.374. The summed E-state index contributed by atoms with van der Waals surface area (Å²) < 4.78 is 12.2. The highest BCUT2D eigenvalue weighted by Gasteiger charge is 2.24. The second-order valence-corrected chi connectivity index (χ2v) is 6.27. The second kappa shape index (κ2) is 6.14. The van der Waals surface area contributed by atoms with E-state index in [0.717, 1.165) is 28.0 Å². The summed E-state index contributed by atoms with van der Waals surface area (Å²) >= 11 is 3.52. The Hall–Kier alpha value is -0.740. The van der Waals surface area contributed by atoms with Crippen LogP contribution < -0.4 is 9.47 Å². The Balaban J connectivity index is 2.33. The van der Waals surface area contributed by atoms with Gasteiger partial charge in [-0.3, -0.25) is 0 Å². The molecule has 0 saturated carbocycles. The van der Waals surface area contributed by atoms with Gasteiger partial charge in [0.05, 0.1) is 19.3 Å². The fourth-order valence-electron chi connectivity index (χ4n) is 2.07. The molecule has 3 nitrogen and oxygen atoms in total. The number of rotatable bonds is 3. The van der Waals surface area contributed by atoms with Gasteiger partial charge in [0.25, 0.3) is 0 Å². The van der Waals surface area contributed by atoms with Gasteiger partial charge in [0, 0.05) is 10.9 Å². The SMILES string of the molecule is CC(C)C(C)C(O)c1cc2c(cc1Br)OCCCO2. The molecular formula is C15H21BrO3. The summed E-state index contributed by atoms with van der Waals surface area (Å²) in [4.78, 5) is 0. The fraction of sp³-hybridized carbons (Fsp3) is 0.600. The molecule has 1 aliphatic heterocycles. The highest BCUT2D eigenvalue weighted by Crippen LogP contribution is 2.40. The molecule has 1 heterocycles. The monoisotopic (exact) mass is 328 g/mol. The number of hydrogen-bond acceptors (Lipinski definition) is 3. The van der Waals surface area contributed by atoms with Gasteiger partial charge in [-0.2, -0.15) is 0 Å². The molecule has 0 fully saturated rings. The van der Waals surface area contributed by atoms with Crippen molar-refractivity contribution in [2.24, 2.45) is 11.8 Å². The summed E-state index contributed by atoms with van der Waals surface area (Å²) in [5, 5.41) is 10.5. The number of halogens is 1. The van der Waals surface area contributed by atoms with E-state index in [4.69, 9.17) is 9.47 Å². The Labute approximate surface area is 123 Å². The van der Waals surface area contributed by atoms with Crippen LogP contribution in [0.3, 0.4) is 0 Å². The van der Waals surface area contributed by atoms with Gasteiger partial charge in [0.2, 0.25) is 0 Å². The summed E-state index contributed by atoms with van der Waals surface area (Å²) in [7, 11) is 0. The van der Waals surface area contributed by atoms with Crippen LogP contribution in [0.2, 0.25) is 0 Å². The zero-order chi connectivity index (χ0) is 14.0. The van der Waals surface area contributed by atoms with Crippen LogP contribution in [-0.4, -0.2) is 18.3 Å². The first kappa shape index (κ1) is 14.7. The molecule has 0 amide bonds. The Morgan fingerprint density at radius 2 is 1.68 bits per heavy atom. The molecule has 0 aliphatic carbocycles. The summed E-state index contributed by atoms with van der Waals surface area (Å²) in [5.41, 5.74) is 0.866. The zero-order valence-corrected chi connectivity index (χ0v) is 13.2. The van der Waals surface area contributed by atoms with Crippen LogP contribution in [0.1, 0.15) is 38.9 Å².